The summed E-state index contributed by atoms with van der Waals surface area (Å²) in [6.45, 7) is 0. The van der Waals surface area contributed by atoms with Crippen LogP contribution in [0.15, 0.2) is 23.4 Å². The summed E-state index contributed by atoms with van der Waals surface area (Å²) in [6.07, 6.45) is 3.03. The Morgan fingerprint density at radius 3 is 2.92 bits per heavy atom. The van der Waals surface area contributed by atoms with Crippen molar-refractivity contribution in [1.82, 2.24) is 4.98 Å². The summed E-state index contributed by atoms with van der Waals surface area (Å²) in [7, 11) is -1.12. The molecule has 2 rings (SSSR count). The largest absolute Gasteiger partial charge is 0.412 e. The molecule has 2 heterocycles. The number of ketones is 1. The van der Waals surface area contributed by atoms with Crippen LogP contribution in [-0.2, 0) is 10.8 Å². The first kappa shape index (κ1) is 9.02. The summed E-state index contributed by atoms with van der Waals surface area (Å²) < 4.78 is 11.1. The van der Waals surface area contributed by atoms with Gasteiger partial charge >= 0.3 is 0 Å². The number of fused-ring (bicyclic) bond motifs is 1. The van der Waals surface area contributed by atoms with E-state index in [1.165, 1.54) is 6.20 Å². The minimum absolute atomic E-state index is 0. The summed E-state index contributed by atoms with van der Waals surface area (Å²) in [6, 6.07) is 1.64. The number of pyridine rings is 1. The third kappa shape index (κ3) is 1.17. The third-order valence-electron chi connectivity index (χ3n) is 1.59. The standard InChI is InChI=1S/C7H5NO2S.H2O/c9-6-4-11(10)7-1-2-8-3-5(6)7;/h1-3H,4H2;1H2. The number of rotatable bonds is 0. The van der Waals surface area contributed by atoms with Gasteiger partial charge in [0.25, 0.3) is 0 Å². The monoisotopic (exact) mass is 185 g/mol. The minimum Gasteiger partial charge on any atom is -0.412 e. The average Bonchev–Trinajstić information content (AvgIpc) is 2.30. The first-order chi connectivity index (χ1) is 5.29. The molecule has 4 nitrogen and oxygen atoms in total. The number of carbonyl (C=O) groups is 1. The predicted octanol–water partition coefficient (Wildman–Crippen LogP) is -0.439. The molecule has 1 aliphatic rings. The van der Waals surface area contributed by atoms with Gasteiger partial charge in [0.2, 0.25) is 0 Å². The molecule has 64 valence electrons. The zero-order chi connectivity index (χ0) is 7.84. The molecule has 0 saturated carbocycles. The number of nitrogens with zero attached hydrogens (tertiary/aromatic N) is 1. The van der Waals surface area contributed by atoms with Crippen molar-refractivity contribution >= 4 is 16.6 Å². The highest BCUT2D eigenvalue weighted by Gasteiger charge is 2.25. The highest BCUT2D eigenvalue weighted by atomic mass is 32.2. The lowest BCUT2D eigenvalue weighted by molar-refractivity contribution is 0.102. The van der Waals surface area contributed by atoms with Gasteiger partial charge in [-0.1, -0.05) is 0 Å². The van der Waals surface area contributed by atoms with Gasteiger partial charge in [-0.15, -0.1) is 0 Å². The Hall–Kier alpha value is -1.07. The molecule has 1 atom stereocenters. The fraction of sp³-hybridized carbons (Fsp3) is 0.143. The highest BCUT2D eigenvalue weighted by molar-refractivity contribution is 7.86. The van der Waals surface area contributed by atoms with Crippen molar-refractivity contribution in [2.75, 3.05) is 5.75 Å². The molecule has 1 aliphatic heterocycles. The molecule has 1 aromatic heterocycles. The Bertz CT molecular complexity index is 317. The Balaban J connectivity index is 0.000000720. The summed E-state index contributed by atoms with van der Waals surface area (Å²) in [4.78, 5) is 15.5. The lowest BCUT2D eigenvalue weighted by Crippen LogP contribution is -1.97. The number of hydrogen-bond donors (Lipinski definition) is 0. The fourth-order valence-corrected chi connectivity index (χ4v) is 2.24. The number of Topliss-reactive ketones (excluding diaryl/α,β-unsaturated/α-hetero) is 1. The van der Waals surface area contributed by atoms with Gasteiger partial charge in [-0.25, -0.2) is 0 Å². The van der Waals surface area contributed by atoms with Crippen LogP contribution in [0.3, 0.4) is 0 Å². The van der Waals surface area contributed by atoms with Crippen LogP contribution >= 0.6 is 0 Å². The first-order valence-corrected chi connectivity index (χ1v) is 4.46. The van der Waals surface area contributed by atoms with Crippen LogP contribution < -0.4 is 0 Å². The van der Waals surface area contributed by atoms with Gasteiger partial charge < -0.3 is 5.48 Å². The molecule has 0 saturated heterocycles. The molecule has 12 heavy (non-hydrogen) atoms. The third-order valence-corrected chi connectivity index (χ3v) is 2.96. The topological polar surface area (TPSA) is 78.5 Å². The first-order valence-electron chi connectivity index (χ1n) is 3.14. The lowest BCUT2D eigenvalue weighted by atomic mass is 10.2. The quantitative estimate of drug-likeness (QED) is 0.549. The van der Waals surface area contributed by atoms with Crippen LogP contribution in [0.4, 0.5) is 0 Å². The van der Waals surface area contributed by atoms with Gasteiger partial charge in [-0.2, -0.15) is 0 Å². The number of aromatic nitrogens is 1. The second-order valence-corrected chi connectivity index (χ2v) is 3.70. The Kier molecular flexibility index (Phi) is 2.35. The van der Waals surface area contributed by atoms with E-state index in [0.717, 1.165) is 0 Å². The summed E-state index contributed by atoms with van der Waals surface area (Å²) in [5.74, 6) is 0.0625. The van der Waals surface area contributed by atoms with Crippen LogP contribution in [0.5, 0.6) is 0 Å². The van der Waals surface area contributed by atoms with E-state index in [9.17, 15) is 9.00 Å². The molecule has 5 heteroatoms. The molecule has 0 fully saturated rings. The molecule has 1 unspecified atom stereocenters. The molecular weight excluding hydrogens is 178 g/mol. The van der Waals surface area contributed by atoms with E-state index < -0.39 is 10.8 Å². The van der Waals surface area contributed by atoms with Crippen molar-refractivity contribution in [3.05, 3.63) is 24.0 Å². The van der Waals surface area contributed by atoms with Gasteiger partial charge in [0.05, 0.1) is 27.0 Å². The molecule has 0 amide bonds. The van der Waals surface area contributed by atoms with Crippen molar-refractivity contribution in [3.8, 4) is 0 Å². The Labute approximate surface area is 71.4 Å². The van der Waals surface area contributed by atoms with E-state index in [2.05, 4.69) is 4.98 Å². The predicted molar refractivity (Wildman–Crippen MR) is 43.5 cm³/mol. The van der Waals surface area contributed by atoms with E-state index in [-0.39, 0.29) is 17.0 Å². The second-order valence-electron chi connectivity index (χ2n) is 2.28. The zero-order valence-electron chi connectivity index (χ0n) is 6.11. The van der Waals surface area contributed by atoms with Crippen molar-refractivity contribution in [2.45, 2.75) is 4.90 Å². The Morgan fingerprint density at radius 2 is 2.25 bits per heavy atom. The maximum atomic E-state index is 11.1. The highest BCUT2D eigenvalue weighted by Crippen LogP contribution is 2.20. The molecule has 0 aromatic carbocycles. The van der Waals surface area contributed by atoms with E-state index in [4.69, 9.17) is 0 Å². The van der Waals surface area contributed by atoms with Gasteiger partial charge in [-0.05, 0) is 6.07 Å². The van der Waals surface area contributed by atoms with Gasteiger partial charge in [0.15, 0.2) is 5.78 Å². The molecule has 0 aliphatic carbocycles. The van der Waals surface area contributed by atoms with E-state index in [0.29, 0.717) is 10.5 Å². The van der Waals surface area contributed by atoms with Crippen LogP contribution in [0.25, 0.3) is 0 Å². The molecule has 1 aromatic rings. The molecule has 0 radical (unpaired) electrons. The minimum atomic E-state index is -1.12. The van der Waals surface area contributed by atoms with Gasteiger partial charge in [-0.3, -0.25) is 14.0 Å². The molecule has 0 spiro atoms. The van der Waals surface area contributed by atoms with Crippen molar-refractivity contribution in [3.63, 3.8) is 0 Å². The number of carbonyl (C=O) groups excluding carboxylic acids is 1. The van der Waals surface area contributed by atoms with Crippen LogP contribution in [0.2, 0.25) is 0 Å². The second kappa shape index (κ2) is 3.12. The van der Waals surface area contributed by atoms with Gasteiger partial charge in [0, 0.05) is 12.4 Å². The molecular formula is C7H7NO3S. The zero-order valence-corrected chi connectivity index (χ0v) is 6.93. The molecule has 0 bridgehead atoms. The average molecular weight is 185 g/mol. The maximum absolute atomic E-state index is 11.1. The Morgan fingerprint density at radius 1 is 1.50 bits per heavy atom. The lowest BCUT2D eigenvalue weighted by Gasteiger charge is -1.90. The SMILES string of the molecule is O.O=C1CS(=O)c2ccncc21. The summed E-state index contributed by atoms with van der Waals surface area (Å²) in [5, 5.41) is 0. The van der Waals surface area contributed by atoms with Crippen LogP contribution in [0, 0.1) is 0 Å². The van der Waals surface area contributed by atoms with E-state index in [1.807, 2.05) is 0 Å². The summed E-state index contributed by atoms with van der Waals surface area (Å²) >= 11 is 0. The van der Waals surface area contributed by atoms with Crippen LogP contribution in [-0.4, -0.2) is 26.2 Å². The van der Waals surface area contributed by atoms with Crippen molar-refractivity contribution in [2.24, 2.45) is 0 Å². The maximum Gasteiger partial charge on any atom is 0.178 e. The van der Waals surface area contributed by atoms with Crippen LogP contribution in [0.1, 0.15) is 10.4 Å². The van der Waals surface area contributed by atoms with E-state index in [1.54, 1.807) is 12.3 Å². The smallest absolute Gasteiger partial charge is 0.178 e. The normalized spacial score (nSPS) is 20.0. The van der Waals surface area contributed by atoms with E-state index >= 15 is 0 Å². The van der Waals surface area contributed by atoms with Crippen molar-refractivity contribution in [1.29, 1.82) is 0 Å². The fourth-order valence-electron chi connectivity index (χ4n) is 1.06. The molecule has 2 N–H and O–H groups in total. The van der Waals surface area contributed by atoms with Gasteiger partial charge in [0.1, 0.15) is 0 Å². The summed E-state index contributed by atoms with van der Waals surface area (Å²) in [5.41, 5.74) is 0.519. The number of hydrogen-bond acceptors (Lipinski definition) is 3. The van der Waals surface area contributed by atoms with Crippen molar-refractivity contribution < 1.29 is 14.5 Å².